The van der Waals surface area contributed by atoms with Gasteiger partial charge in [0.15, 0.2) is 5.78 Å². The van der Waals surface area contributed by atoms with Gasteiger partial charge in [-0.05, 0) is 48.0 Å². The molecule has 0 aromatic heterocycles. The zero-order chi connectivity index (χ0) is 13.0. The molecule has 0 atom stereocenters. The van der Waals surface area contributed by atoms with E-state index in [9.17, 15) is 9.18 Å². The van der Waals surface area contributed by atoms with Crippen LogP contribution in [0.2, 0.25) is 0 Å². The molecular formula is C15H11FO2. The number of benzene rings is 2. The Bertz CT molecular complexity index is 586. The van der Waals surface area contributed by atoms with E-state index in [0.29, 0.717) is 11.1 Å². The maximum absolute atomic E-state index is 12.9. The summed E-state index contributed by atoms with van der Waals surface area (Å²) in [6.45, 7) is 0. The van der Waals surface area contributed by atoms with Gasteiger partial charge in [0, 0.05) is 5.56 Å². The molecule has 0 bridgehead atoms. The summed E-state index contributed by atoms with van der Waals surface area (Å²) in [5.74, 6) is -0.422. The monoisotopic (exact) mass is 242 g/mol. The summed E-state index contributed by atoms with van der Waals surface area (Å²) < 4.78 is 12.9. The van der Waals surface area contributed by atoms with E-state index in [0.717, 1.165) is 0 Å². The zero-order valence-corrected chi connectivity index (χ0v) is 9.51. The van der Waals surface area contributed by atoms with Gasteiger partial charge in [0.25, 0.3) is 0 Å². The van der Waals surface area contributed by atoms with Crippen LogP contribution in [0.3, 0.4) is 0 Å². The highest BCUT2D eigenvalue weighted by Gasteiger charge is 2.01. The number of hydrogen-bond donors (Lipinski definition) is 1. The van der Waals surface area contributed by atoms with Crippen LogP contribution in [-0.2, 0) is 0 Å². The van der Waals surface area contributed by atoms with Gasteiger partial charge in [0.2, 0.25) is 0 Å². The average molecular weight is 242 g/mol. The summed E-state index contributed by atoms with van der Waals surface area (Å²) in [5, 5.41) is 9.11. The minimum absolute atomic E-state index is 0.112. The molecule has 18 heavy (non-hydrogen) atoms. The first-order chi connectivity index (χ1) is 8.65. The second-order valence-corrected chi connectivity index (χ2v) is 3.80. The second-order valence-electron chi connectivity index (χ2n) is 3.80. The Hall–Kier alpha value is -2.42. The molecule has 0 spiro atoms. The van der Waals surface area contributed by atoms with Crippen molar-refractivity contribution in [2.24, 2.45) is 0 Å². The first-order valence-electron chi connectivity index (χ1n) is 5.42. The van der Waals surface area contributed by atoms with Gasteiger partial charge in [-0.1, -0.05) is 18.2 Å². The smallest absolute Gasteiger partial charge is 0.185 e. The summed E-state index contributed by atoms with van der Waals surface area (Å²) >= 11 is 0. The molecule has 3 heteroatoms. The van der Waals surface area contributed by atoms with Crippen molar-refractivity contribution in [3.63, 3.8) is 0 Å². The van der Waals surface area contributed by atoms with E-state index in [1.54, 1.807) is 18.2 Å². The molecule has 0 aliphatic carbocycles. The van der Waals surface area contributed by atoms with Gasteiger partial charge in [0.05, 0.1) is 0 Å². The molecule has 1 N–H and O–H groups in total. The number of hydrogen-bond acceptors (Lipinski definition) is 2. The Labute approximate surface area is 104 Å². The maximum Gasteiger partial charge on any atom is 0.185 e. The van der Waals surface area contributed by atoms with Crippen LogP contribution in [0.25, 0.3) is 6.08 Å². The molecule has 2 aromatic rings. The zero-order valence-electron chi connectivity index (χ0n) is 9.51. The van der Waals surface area contributed by atoms with Crippen molar-refractivity contribution in [3.05, 3.63) is 71.6 Å². The molecule has 0 radical (unpaired) electrons. The summed E-state index contributed by atoms with van der Waals surface area (Å²) in [5.41, 5.74) is 1.10. The van der Waals surface area contributed by atoms with E-state index < -0.39 is 0 Å². The fraction of sp³-hybridized carbons (Fsp3) is 0. The number of allylic oxidation sites excluding steroid dienone is 1. The first-order valence-corrected chi connectivity index (χ1v) is 5.42. The van der Waals surface area contributed by atoms with Crippen molar-refractivity contribution in [1.82, 2.24) is 0 Å². The van der Waals surface area contributed by atoms with E-state index in [2.05, 4.69) is 0 Å². The number of aromatic hydroxyl groups is 1. The average Bonchev–Trinajstić information content (AvgIpc) is 2.37. The van der Waals surface area contributed by atoms with Gasteiger partial charge in [-0.3, -0.25) is 4.79 Å². The van der Waals surface area contributed by atoms with Gasteiger partial charge in [-0.2, -0.15) is 0 Å². The molecular weight excluding hydrogens is 231 g/mol. The number of phenolic OH excluding ortho intramolecular Hbond substituents is 1. The molecule has 0 amide bonds. The van der Waals surface area contributed by atoms with E-state index in [1.165, 1.54) is 42.5 Å². The van der Waals surface area contributed by atoms with Gasteiger partial charge in [0.1, 0.15) is 11.6 Å². The minimum atomic E-state index is -0.339. The third kappa shape index (κ3) is 3.04. The van der Waals surface area contributed by atoms with Crippen LogP contribution in [-0.4, -0.2) is 10.9 Å². The lowest BCUT2D eigenvalue weighted by atomic mass is 10.1. The van der Waals surface area contributed by atoms with Crippen LogP contribution >= 0.6 is 0 Å². The van der Waals surface area contributed by atoms with Crippen LogP contribution in [0.1, 0.15) is 15.9 Å². The fourth-order valence-corrected chi connectivity index (χ4v) is 1.50. The Morgan fingerprint density at radius 3 is 2.50 bits per heavy atom. The van der Waals surface area contributed by atoms with Crippen LogP contribution in [0, 0.1) is 5.82 Å². The van der Waals surface area contributed by atoms with Crippen molar-refractivity contribution in [2.45, 2.75) is 0 Å². The highest BCUT2D eigenvalue weighted by Crippen LogP contribution is 2.11. The lowest BCUT2D eigenvalue weighted by Crippen LogP contribution is -1.92. The van der Waals surface area contributed by atoms with Crippen LogP contribution in [0.4, 0.5) is 4.39 Å². The lowest BCUT2D eigenvalue weighted by molar-refractivity contribution is 0.104. The van der Waals surface area contributed by atoms with E-state index >= 15 is 0 Å². The molecule has 90 valence electrons. The molecule has 0 aliphatic heterocycles. The molecule has 0 aliphatic rings. The highest BCUT2D eigenvalue weighted by atomic mass is 19.1. The first kappa shape index (κ1) is 12.0. The van der Waals surface area contributed by atoms with Crippen molar-refractivity contribution in [1.29, 1.82) is 0 Å². The third-order valence-corrected chi connectivity index (χ3v) is 2.43. The molecule has 2 aromatic carbocycles. The van der Waals surface area contributed by atoms with E-state index in [4.69, 9.17) is 5.11 Å². The summed E-state index contributed by atoms with van der Waals surface area (Å²) in [6.07, 6.45) is 2.93. The highest BCUT2D eigenvalue weighted by molar-refractivity contribution is 6.06. The molecule has 0 heterocycles. The number of halogens is 1. The molecule has 2 rings (SSSR count). The number of rotatable bonds is 3. The Balaban J connectivity index is 2.14. The van der Waals surface area contributed by atoms with Crippen LogP contribution < -0.4 is 0 Å². The van der Waals surface area contributed by atoms with E-state index in [1.807, 2.05) is 0 Å². The van der Waals surface area contributed by atoms with E-state index in [-0.39, 0.29) is 17.3 Å². The van der Waals surface area contributed by atoms with Crippen molar-refractivity contribution in [2.75, 3.05) is 0 Å². The standard InChI is InChI=1S/C15H11FO2/c16-13-3-1-2-11(10-13)4-9-15(18)12-5-7-14(17)8-6-12/h1-10,17H/b9-4+. The topological polar surface area (TPSA) is 37.3 Å². The molecule has 0 saturated carbocycles. The molecule has 0 unspecified atom stereocenters. The summed E-state index contributed by atoms with van der Waals surface area (Å²) in [4.78, 5) is 11.8. The lowest BCUT2D eigenvalue weighted by Gasteiger charge is -1.96. The Morgan fingerprint density at radius 2 is 1.83 bits per heavy atom. The second kappa shape index (κ2) is 5.27. The number of ketones is 1. The van der Waals surface area contributed by atoms with Gasteiger partial charge in [-0.15, -0.1) is 0 Å². The SMILES string of the molecule is O=C(/C=C/c1cccc(F)c1)c1ccc(O)cc1. The normalized spacial score (nSPS) is 10.7. The van der Waals surface area contributed by atoms with Gasteiger partial charge >= 0.3 is 0 Å². The van der Waals surface area contributed by atoms with Crippen LogP contribution in [0.5, 0.6) is 5.75 Å². The predicted octanol–water partition coefficient (Wildman–Crippen LogP) is 3.43. The summed E-state index contributed by atoms with van der Waals surface area (Å²) in [6, 6.07) is 12.0. The van der Waals surface area contributed by atoms with Crippen molar-refractivity contribution < 1.29 is 14.3 Å². The Kier molecular flexibility index (Phi) is 3.53. The largest absolute Gasteiger partial charge is 0.508 e. The third-order valence-electron chi connectivity index (χ3n) is 2.43. The number of phenols is 1. The van der Waals surface area contributed by atoms with Crippen LogP contribution in [0.15, 0.2) is 54.6 Å². The quantitative estimate of drug-likeness (QED) is 0.661. The predicted molar refractivity (Wildman–Crippen MR) is 67.9 cm³/mol. The summed E-state index contributed by atoms with van der Waals surface area (Å²) in [7, 11) is 0. The minimum Gasteiger partial charge on any atom is -0.508 e. The van der Waals surface area contributed by atoms with Gasteiger partial charge in [-0.25, -0.2) is 4.39 Å². The number of carbonyl (C=O) groups is 1. The maximum atomic E-state index is 12.9. The van der Waals surface area contributed by atoms with Crippen molar-refractivity contribution >= 4 is 11.9 Å². The van der Waals surface area contributed by atoms with Gasteiger partial charge < -0.3 is 5.11 Å². The van der Waals surface area contributed by atoms with Crippen molar-refractivity contribution in [3.8, 4) is 5.75 Å². The molecule has 0 saturated heterocycles. The molecule has 0 fully saturated rings. The molecule has 2 nitrogen and oxygen atoms in total. The number of carbonyl (C=O) groups excluding carboxylic acids is 1. The Morgan fingerprint density at radius 1 is 1.11 bits per heavy atom. The fourth-order valence-electron chi connectivity index (χ4n) is 1.50.